The fourth-order valence-electron chi connectivity index (χ4n) is 2.69. The largest absolute Gasteiger partial charge is 0.366 e. The molecule has 2 aromatic rings. The Hall–Kier alpha value is -2.14. The average molecular weight is 337 g/mol. The van der Waals surface area contributed by atoms with E-state index in [2.05, 4.69) is 0 Å². The van der Waals surface area contributed by atoms with Crippen molar-refractivity contribution in [2.45, 2.75) is 0 Å². The second-order valence-corrected chi connectivity index (χ2v) is 5.82. The Balaban J connectivity index is 1.67. The van der Waals surface area contributed by atoms with Crippen LogP contribution in [0.4, 0.5) is 14.5 Å². The third-order valence-electron chi connectivity index (χ3n) is 3.89. The maximum absolute atomic E-state index is 13.8. The second kappa shape index (κ2) is 6.54. The molecule has 23 heavy (non-hydrogen) atoms. The number of carbonyl (C=O) groups is 1. The molecule has 0 radical (unpaired) electrons. The van der Waals surface area contributed by atoms with Gasteiger partial charge in [-0.05, 0) is 30.3 Å². The van der Waals surface area contributed by atoms with Crippen molar-refractivity contribution in [1.82, 2.24) is 4.90 Å². The predicted octanol–water partition coefficient (Wildman–Crippen LogP) is 3.58. The number of hydrogen-bond donors (Lipinski definition) is 0. The van der Waals surface area contributed by atoms with Crippen LogP contribution in [0.2, 0.25) is 5.02 Å². The molecule has 0 unspecified atom stereocenters. The number of nitrogens with zero attached hydrogens (tertiary/aromatic N) is 2. The van der Waals surface area contributed by atoms with Gasteiger partial charge in [-0.1, -0.05) is 17.7 Å². The number of carbonyl (C=O) groups excluding carboxylic acids is 1. The normalized spacial score (nSPS) is 14.9. The lowest BCUT2D eigenvalue weighted by molar-refractivity contribution is 0.0746. The molecule has 6 heteroatoms. The van der Waals surface area contributed by atoms with E-state index < -0.39 is 11.6 Å². The van der Waals surface area contributed by atoms with Crippen LogP contribution in [0.1, 0.15) is 10.4 Å². The molecule has 3 nitrogen and oxygen atoms in total. The fourth-order valence-corrected chi connectivity index (χ4v) is 2.88. The first-order valence-corrected chi connectivity index (χ1v) is 7.67. The van der Waals surface area contributed by atoms with Crippen LogP contribution < -0.4 is 4.90 Å². The number of hydrogen-bond acceptors (Lipinski definition) is 2. The summed E-state index contributed by atoms with van der Waals surface area (Å²) in [5.74, 6) is -1.27. The Morgan fingerprint density at radius 2 is 1.74 bits per heavy atom. The van der Waals surface area contributed by atoms with E-state index in [0.29, 0.717) is 42.5 Å². The van der Waals surface area contributed by atoms with Crippen molar-refractivity contribution in [3.8, 4) is 0 Å². The highest BCUT2D eigenvalue weighted by molar-refractivity contribution is 6.30. The monoisotopic (exact) mass is 336 g/mol. The molecular formula is C17H15ClF2N2O. The number of rotatable bonds is 2. The van der Waals surface area contributed by atoms with Gasteiger partial charge in [-0.2, -0.15) is 0 Å². The molecule has 1 heterocycles. The summed E-state index contributed by atoms with van der Waals surface area (Å²) in [5, 5.41) is 0.517. The van der Waals surface area contributed by atoms with Crippen molar-refractivity contribution in [3.05, 3.63) is 64.7 Å². The SMILES string of the molecule is O=C(c1cccc(Cl)c1)N1CCN(c2ccc(F)cc2F)CC1. The fraction of sp³-hybridized carbons (Fsp3) is 0.235. The lowest BCUT2D eigenvalue weighted by atomic mass is 10.1. The number of halogens is 3. The summed E-state index contributed by atoms with van der Waals surface area (Å²) >= 11 is 5.91. The summed E-state index contributed by atoms with van der Waals surface area (Å²) in [5.41, 5.74) is 0.903. The topological polar surface area (TPSA) is 23.6 Å². The molecule has 3 rings (SSSR count). The minimum Gasteiger partial charge on any atom is -0.366 e. The van der Waals surface area contributed by atoms with Gasteiger partial charge in [0.15, 0.2) is 0 Å². The van der Waals surface area contributed by atoms with E-state index in [0.717, 1.165) is 6.07 Å². The molecule has 0 saturated carbocycles. The summed E-state index contributed by atoms with van der Waals surface area (Å²) in [6.07, 6.45) is 0. The zero-order chi connectivity index (χ0) is 16.4. The highest BCUT2D eigenvalue weighted by Crippen LogP contribution is 2.22. The van der Waals surface area contributed by atoms with Gasteiger partial charge in [0, 0.05) is 42.8 Å². The second-order valence-electron chi connectivity index (χ2n) is 5.39. The molecule has 1 aliphatic heterocycles. The lowest BCUT2D eigenvalue weighted by Gasteiger charge is -2.36. The Kier molecular flexibility index (Phi) is 4.48. The summed E-state index contributed by atoms with van der Waals surface area (Å²) in [6, 6.07) is 10.4. The molecule has 0 N–H and O–H groups in total. The molecule has 0 atom stereocenters. The molecule has 2 aromatic carbocycles. The molecule has 0 spiro atoms. The summed E-state index contributed by atoms with van der Waals surface area (Å²) in [7, 11) is 0. The van der Waals surface area contributed by atoms with Gasteiger partial charge in [0.2, 0.25) is 0 Å². The maximum Gasteiger partial charge on any atom is 0.254 e. The van der Waals surface area contributed by atoms with Gasteiger partial charge in [0.05, 0.1) is 5.69 Å². The van der Waals surface area contributed by atoms with Crippen LogP contribution in [0.3, 0.4) is 0 Å². The van der Waals surface area contributed by atoms with Crippen molar-refractivity contribution in [1.29, 1.82) is 0 Å². The lowest BCUT2D eigenvalue weighted by Crippen LogP contribution is -2.49. The zero-order valence-corrected chi connectivity index (χ0v) is 13.1. The van der Waals surface area contributed by atoms with Gasteiger partial charge in [0.1, 0.15) is 11.6 Å². The number of benzene rings is 2. The van der Waals surface area contributed by atoms with Crippen LogP contribution in [-0.4, -0.2) is 37.0 Å². The molecule has 1 fully saturated rings. The highest BCUT2D eigenvalue weighted by Gasteiger charge is 2.23. The van der Waals surface area contributed by atoms with E-state index in [4.69, 9.17) is 11.6 Å². The zero-order valence-electron chi connectivity index (χ0n) is 12.3. The first-order chi connectivity index (χ1) is 11.0. The Bertz CT molecular complexity index is 730. The number of anilines is 1. The average Bonchev–Trinajstić information content (AvgIpc) is 2.54. The smallest absolute Gasteiger partial charge is 0.254 e. The molecular weight excluding hydrogens is 322 g/mol. The van der Waals surface area contributed by atoms with Crippen LogP contribution in [0.5, 0.6) is 0 Å². The molecule has 120 valence electrons. The van der Waals surface area contributed by atoms with Crippen molar-refractivity contribution in [2.24, 2.45) is 0 Å². The van der Waals surface area contributed by atoms with Gasteiger partial charge < -0.3 is 9.80 Å². The molecule has 1 aliphatic rings. The Morgan fingerprint density at radius 1 is 1.00 bits per heavy atom. The maximum atomic E-state index is 13.8. The van der Waals surface area contributed by atoms with E-state index in [1.807, 2.05) is 4.90 Å². The number of piperazine rings is 1. The number of amides is 1. The van der Waals surface area contributed by atoms with E-state index in [1.165, 1.54) is 12.1 Å². The minimum atomic E-state index is -0.596. The molecule has 0 bridgehead atoms. The molecule has 1 saturated heterocycles. The van der Waals surface area contributed by atoms with Crippen molar-refractivity contribution >= 4 is 23.2 Å². The van der Waals surface area contributed by atoms with Crippen LogP contribution >= 0.6 is 11.6 Å². The van der Waals surface area contributed by atoms with E-state index >= 15 is 0 Å². The van der Waals surface area contributed by atoms with Crippen LogP contribution in [-0.2, 0) is 0 Å². The third-order valence-corrected chi connectivity index (χ3v) is 4.12. The Morgan fingerprint density at radius 3 is 2.39 bits per heavy atom. The van der Waals surface area contributed by atoms with E-state index in [-0.39, 0.29) is 5.91 Å². The van der Waals surface area contributed by atoms with Gasteiger partial charge >= 0.3 is 0 Å². The molecule has 0 aromatic heterocycles. The molecule has 0 aliphatic carbocycles. The van der Waals surface area contributed by atoms with Gasteiger partial charge in [-0.25, -0.2) is 8.78 Å². The first kappa shape index (κ1) is 15.7. The first-order valence-electron chi connectivity index (χ1n) is 7.29. The summed E-state index contributed by atoms with van der Waals surface area (Å²) in [6.45, 7) is 1.94. The molecule has 1 amide bonds. The van der Waals surface area contributed by atoms with Crippen LogP contribution in [0, 0.1) is 11.6 Å². The van der Waals surface area contributed by atoms with Crippen LogP contribution in [0.15, 0.2) is 42.5 Å². The van der Waals surface area contributed by atoms with Gasteiger partial charge in [-0.3, -0.25) is 4.79 Å². The van der Waals surface area contributed by atoms with Gasteiger partial charge in [-0.15, -0.1) is 0 Å². The standard InChI is InChI=1S/C17H15ClF2N2O/c18-13-3-1-2-12(10-13)17(23)22-8-6-21(7-9-22)16-5-4-14(19)11-15(16)20/h1-5,10-11H,6-9H2. The minimum absolute atomic E-state index is 0.0910. The summed E-state index contributed by atoms with van der Waals surface area (Å²) < 4.78 is 26.8. The third kappa shape index (κ3) is 3.45. The van der Waals surface area contributed by atoms with Gasteiger partial charge in [0.25, 0.3) is 5.91 Å². The van der Waals surface area contributed by atoms with Crippen LogP contribution in [0.25, 0.3) is 0 Å². The van der Waals surface area contributed by atoms with Crippen molar-refractivity contribution < 1.29 is 13.6 Å². The quantitative estimate of drug-likeness (QED) is 0.837. The van der Waals surface area contributed by atoms with Crippen molar-refractivity contribution in [3.63, 3.8) is 0 Å². The highest BCUT2D eigenvalue weighted by atomic mass is 35.5. The van der Waals surface area contributed by atoms with E-state index in [9.17, 15) is 13.6 Å². The summed E-state index contributed by atoms with van der Waals surface area (Å²) in [4.78, 5) is 16.0. The van der Waals surface area contributed by atoms with E-state index in [1.54, 1.807) is 29.2 Å². The predicted molar refractivity (Wildman–Crippen MR) is 85.9 cm³/mol. The Labute approximate surface area is 138 Å². The van der Waals surface area contributed by atoms with Crippen molar-refractivity contribution in [2.75, 3.05) is 31.1 Å².